The maximum Gasteiger partial charge on any atom is 0.214 e. The summed E-state index contributed by atoms with van der Waals surface area (Å²) in [6.45, 7) is 8.84. The lowest BCUT2D eigenvalue weighted by Crippen LogP contribution is -3.13. The molecule has 118 valence electrons. The van der Waals surface area contributed by atoms with Gasteiger partial charge >= 0.3 is 0 Å². The number of nitrogens with one attached hydrogen (secondary N) is 1. The largest absolute Gasteiger partial charge is 0.322 e. The van der Waals surface area contributed by atoms with Gasteiger partial charge in [0.1, 0.15) is 0 Å². The van der Waals surface area contributed by atoms with Gasteiger partial charge in [0.15, 0.2) is 6.04 Å². The van der Waals surface area contributed by atoms with Crippen molar-refractivity contribution in [2.75, 3.05) is 13.1 Å². The Balaban J connectivity index is 2.04. The molecule has 3 rings (SSSR count). The van der Waals surface area contributed by atoms with Crippen molar-refractivity contribution in [2.45, 2.75) is 51.6 Å². The average molecular weight is 300 g/mol. The van der Waals surface area contributed by atoms with Crippen LogP contribution in [0.3, 0.4) is 0 Å². The molecule has 0 saturated carbocycles. The molecule has 0 amide bonds. The van der Waals surface area contributed by atoms with E-state index in [1.807, 2.05) is 4.68 Å². The highest BCUT2D eigenvalue weighted by atomic mass is 15.6. The molecule has 1 aromatic carbocycles. The van der Waals surface area contributed by atoms with Gasteiger partial charge in [0.2, 0.25) is 5.82 Å². The minimum absolute atomic E-state index is 0.110. The number of benzene rings is 1. The molecule has 1 aliphatic heterocycles. The molecule has 0 bridgehead atoms. The van der Waals surface area contributed by atoms with E-state index in [4.69, 9.17) is 0 Å². The second kappa shape index (κ2) is 6.16. The van der Waals surface area contributed by atoms with Crippen molar-refractivity contribution in [1.82, 2.24) is 20.2 Å². The molecule has 0 aliphatic carbocycles. The Morgan fingerprint density at radius 3 is 2.36 bits per heavy atom. The lowest BCUT2D eigenvalue weighted by molar-refractivity contribution is -0.931. The third kappa shape index (κ3) is 3.04. The molecule has 0 radical (unpaired) electrons. The van der Waals surface area contributed by atoms with Crippen LogP contribution in [0.5, 0.6) is 0 Å². The standard InChI is InChI=1S/C17H25N5/c1-17(2,3)22-16(18-19-20-22)15(14-10-6-4-7-11-14)21-12-8-5-9-13-21/h4,6-7,10-11,15H,5,8-9,12-13H2,1-3H3/p+1/t15-/m1/s1. The fraction of sp³-hybridized carbons (Fsp3) is 0.588. The summed E-state index contributed by atoms with van der Waals surface area (Å²) >= 11 is 0. The average Bonchev–Trinajstić information content (AvgIpc) is 2.99. The van der Waals surface area contributed by atoms with Crippen LogP contribution in [0.2, 0.25) is 0 Å². The number of tetrazole rings is 1. The monoisotopic (exact) mass is 300 g/mol. The van der Waals surface area contributed by atoms with Gasteiger partial charge in [0.25, 0.3) is 0 Å². The van der Waals surface area contributed by atoms with Crippen LogP contribution in [0, 0.1) is 0 Å². The van der Waals surface area contributed by atoms with Crippen molar-refractivity contribution in [2.24, 2.45) is 0 Å². The fourth-order valence-corrected chi connectivity index (χ4v) is 3.36. The summed E-state index contributed by atoms with van der Waals surface area (Å²) in [6, 6.07) is 10.9. The van der Waals surface area contributed by atoms with Crippen molar-refractivity contribution >= 4 is 0 Å². The SMILES string of the molecule is CC(C)(C)n1nnnc1[C@@H](c1ccccc1)[NH+]1CCCCC1. The minimum atomic E-state index is -0.110. The fourth-order valence-electron chi connectivity index (χ4n) is 3.36. The summed E-state index contributed by atoms with van der Waals surface area (Å²) in [4.78, 5) is 1.58. The van der Waals surface area contributed by atoms with Crippen LogP contribution in [-0.2, 0) is 5.54 Å². The molecule has 0 unspecified atom stereocenters. The molecule has 0 spiro atoms. The first kappa shape index (κ1) is 15.2. The molecule has 1 aliphatic rings. The Morgan fingerprint density at radius 1 is 1.05 bits per heavy atom. The van der Waals surface area contributed by atoms with Crippen LogP contribution in [0.1, 0.15) is 57.5 Å². The van der Waals surface area contributed by atoms with Gasteiger partial charge < -0.3 is 4.90 Å². The second-order valence-corrected chi connectivity index (χ2v) is 7.18. The summed E-state index contributed by atoms with van der Waals surface area (Å²) in [7, 11) is 0. The normalized spacial score (nSPS) is 18.3. The van der Waals surface area contributed by atoms with Crippen molar-refractivity contribution in [1.29, 1.82) is 0 Å². The Kier molecular flexibility index (Phi) is 4.25. The Hall–Kier alpha value is -1.75. The first-order valence-electron chi connectivity index (χ1n) is 8.25. The maximum atomic E-state index is 4.42. The zero-order chi connectivity index (χ0) is 15.6. The minimum Gasteiger partial charge on any atom is -0.322 e. The lowest BCUT2D eigenvalue weighted by Gasteiger charge is -2.32. The molecular formula is C17H26N5+. The Labute approximate surface area is 132 Å². The van der Waals surface area contributed by atoms with Crippen LogP contribution in [0.4, 0.5) is 0 Å². The van der Waals surface area contributed by atoms with Gasteiger partial charge in [-0.05, 0) is 50.5 Å². The number of quaternary nitrogens is 1. The van der Waals surface area contributed by atoms with Crippen LogP contribution >= 0.6 is 0 Å². The molecular weight excluding hydrogens is 274 g/mol. The Morgan fingerprint density at radius 2 is 1.73 bits per heavy atom. The van der Waals surface area contributed by atoms with Gasteiger partial charge in [0, 0.05) is 5.56 Å². The van der Waals surface area contributed by atoms with E-state index < -0.39 is 0 Å². The number of aromatic nitrogens is 4. The number of rotatable bonds is 3. The van der Waals surface area contributed by atoms with Gasteiger partial charge in [-0.15, -0.1) is 5.10 Å². The Bertz CT molecular complexity index is 593. The second-order valence-electron chi connectivity index (χ2n) is 7.18. The number of hydrogen-bond donors (Lipinski definition) is 1. The molecule has 1 saturated heterocycles. The predicted octanol–water partition coefficient (Wildman–Crippen LogP) is 1.59. The number of piperidine rings is 1. The van der Waals surface area contributed by atoms with Crippen molar-refractivity contribution in [3.63, 3.8) is 0 Å². The van der Waals surface area contributed by atoms with Crippen LogP contribution in [0.15, 0.2) is 30.3 Å². The van der Waals surface area contributed by atoms with E-state index in [0.717, 1.165) is 5.82 Å². The third-order valence-corrected chi connectivity index (χ3v) is 4.42. The van der Waals surface area contributed by atoms with Gasteiger partial charge in [0.05, 0.1) is 18.6 Å². The summed E-state index contributed by atoms with van der Waals surface area (Å²) in [6.07, 6.45) is 3.92. The third-order valence-electron chi connectivity index (χ3n) is 4.42. The van der Waals surface area contributed by atoms with Gasteiger partial charge in [-0.2, -0.15) is 0 Å². The lowest BCUT2D eigenvalue weighted by atomic mass is 10.00. The van der Waals surface area contributed by atoms with Crippen LogP contribution in [0.25, 0.3) is 0 Å². The molecule has 2 aromatic rings. The van der Waals surface area contributed by atoms with Crippen molar-refractivity contribution in [3.05, 3.63) is 41.7 Å². The topological polar surface area (TPSA) is 48.0 Å². The van der Waals surface area contributed by atoms with E-state index in [1.165, 1.54) is 37.9 Å². The molecule has 1 aromatic heterocycles. The number of hydrogen-bond acceptors (Lipinski definition) is 3. The van der Waals surface area contributed by atoms with E-state index in [-0.39, 0.29) is 11.6 Å². The van der Waals surface area contributed by atoms with E-state index in [2.05, 4.69) is 66.6 Å². The zero-order valence-corrected chi connectivity index (χ0v) is 13.8. The first-order chi connectivity index (χ1) is 10.6. The van der Waals surface area contributed by atoms with Gasteiger partial charge in [-0.25, -0.2) is 4.68 Å². The van der Waals surface area contributed by atoms with Crippen LogP contribution in [-0.4, -0.2) is 33.3 Å². The molecule has 1 atom stereocenters. The molecule has 1 fully saturated rings. The van der Waals surface area contributed by atoms with E-state index in [0.29, 0.717) is 0 Å². The quantitative estimate of drug-likeness (QED) is 0.936. The highest BCUT2D eigenvalue weighted by Crippen LogP contribution is 2.22. The van der Waals surface area contributed by atoms with Crippen LogP contribution < -0.4 is 4.90 Å². The summed E-state index contributed by atoms with van der Waals surface area (Å²) in [5.41, 5.74) is 1.20. The number of likely N-dealkylation sites (tertiary alicyclic amines) is 1. The van der Waals surface area contributed by atoms with E-state index in [1.54, 1.807) is 4.90 Å². The zero-order valence-electron chi connectivity index (χ0n) is 13.8. The van der Waals surface area contributed by atoms with E-state index in [9.17, 15) is 0 Å². The van der Waals surface area contributed by atoms with Crippen molar-refractivity contribution < 1.29 is 4.90 Å². The smallest absolute Gasteiger partial charge is 0.214 e. The summed E-state index contributed by atoms with van der Waals surface area (Å²) < 4.78 is 1.99. The number of nitrogens with zero attached hydrogens (tertiary/aromatic N) is 4. The first-order valence-corrected chi connectivity index (χ1v) is 8.25. The highest BCUT2D eigenvalue weighted by molar-refractivity contribution is 5.22. The molecule has 5 nitrogen and oxygen atoms in total. The van der Waals surface area contributed by atoms with Gasteiger partial charge in [-0.1, -0.05) is 30.3 Å². The van der Waals surface area contributed by atoms with Gasteiger partial charge in [-0.3, -0.25) is 0 Å². The molecule has 5 heteroatoms. The highest BCUT2D eigenvalue weighted by Gasteiger charge is 2.34. The summed E-state index contributed by atoms with van der Waals surface area (Å²) in [5, 5.41) is 12.7. The molecule has 1 N–H and O–H groups in total. The molecule has 22 heavy (non-hydrogen) atoms. The van der Waals surface area contributed by atoms with Crippen molar-refractivity contribution in [3.8, 4) is 0 Å². The summed E-state index contributed by atoms with van der Waals surface area (Å²) in [5.74, 6) is 0.982. The maximum absolute atomic E-state index is 4.42. The van der Waals surface area contributed by atoms with E-state index >= 15 is 0 Å². The molecule has 2 heterocycles. The predicted molar refractivity (Wildman–Crippen MR) is 85.6 cm³/mol.